The third kappa shape index (κ3) is 3.85. The van der Waals surface area contributed by atoms with Crippen LogP contribution in [-0.4, -0.2) is 26.1 Å². The molecule has 1 saturated heterocycles. The Labute approximate surface area is 141 Å². The highest BCUT2D eigenvalue weighted by atomic mass is 19.1. The lowest BCUT2D eigenvalue weighted by Crippen LogP contribution is -2.19. The summed E-state index contributed by atoms with van der Waals surface area (Å²) < 4.78 is 19.1. The molecule has 0 aliphatic carbocycles. The van der Waals surface area contributed by atoms with Gasteiger partial charge in [-0.15, -0.1) is 0 Å². The molecule has 2 aromatic carbocycles. The molecular formula is C19H21FN2O2. The van der Waals surface area contributed by atoms with Crippen LogP contribution in [0, 0.1) is 5.82 Å². The zero-order valence-corrected chi connectivity index (χ0v) is 13.7. The van der Waals surface area contributed by atoms with Crippen LogP contribution < -0.4 is 15.0 Å². The van der Waals surface area contributed by atoms with E-state index in [1.165, 1.54) is 6.07 Å². The van der Waals surface area contributed by atoms with Crippen molar-refractivity contribution in [1.82, 2.24) is 0 Å². The summed E-state index contributed by atoms with van der Waals surface area (Å²) in [6, 6.07) is 12.2. The van der Waals surface area contributed by atoms with Gasteiger partial charge in [0.15, 0.2) is 0 Å². The molecule has 126 valence electrons. The average molecular weight is 328 g/mol. The van der Waals surface area contributed by atoms with Crippen LogP contribution in [0.2, 0.25) is 0 Å². The van der Waals surface area contributed by atoms with E-state index in [0.29, 0.717) is 0 Å². The smallest absolute Gasteiger partial charge is 0.228 e. The minimum absolute atomic E-state index is 0.192. The molecule has 24 heavy (non-hydrogen) atoms. The van der Waals surface area contributed by atoms with Gasteiger partial charge in [-0.3, -0.25) is 4.79 Å². The van der Waals surface area contributed by atoms with Crippen molar-refractivity contribution in [2.75, 3.05) is 30.4 Å². The number of methoxy groups -OCH3 is 1. The summed E-state index contributed by atoms with van der Waals surface area (Å²) in [5.41, 5.74) is 2.04. The lowest BCUT2D eigenvalue weighted by atomic mass is 10.1. The van der Waals surface area contributed by atoms with Gasteiger partial charge in [-0.2, -0.15) is 0 Å². The standard InChI is InChI=1S/C19H21FN2O2/c1-24-16-7-4-14(5-8-16)12-19(23)21-18-13-15(6-9-17(18)20)22-10-2-3-11-22/h4-9,13H,2-3,10-12H2,1H3,(H,21,23). The van der Waals surface area contributed by atoms with E-state index in [9.17, 15) is 9.18 Å². The van der Waals surface area contributed by atoms with Crippen LogP contribution in [0.15, 0.2) is 42.5 Å². The summed E-state index contributed by atoms with van der Waals surface area (Å²) in [4.78, 5) is 14.4. The highest BCUT2D eigenvalue weighted by Crippen LogP contribution is 2.26. The van der Waals surface area contributed by atoms with Crippen molar-refractivity contribution in [2.24, 2.45) is 0 Å². The van der Waals surface area contributed by atoms with Crippen molar-refractivity contribution in [3.05, 3.63) is 53.8 Å². The van der Waals surface area contributed by atoms with Gasteiger partial charge in [0.1, 0.15) is 11.6 Å². The monoisotopic (exact) mass is 328 g/mol. The second-order valence-electron chi connectivity index (χ2n) is 5.93. The molecule has 0 radical (unpaired) electrons. The Kier molecular flexibility index (Phi) is 4.99. The number of halogens is 1. The summed E-state index contributed by atoms with van der Waals surface area (Å²) in [5, 5.41) is 2.68. The summed E-state index contributed by atoms with van der Waals surface area (Å²) >= 11 is 0. The van der Waals surface area contributed by atoms with Gasteiger partial charge in [-0.1, -0.05) is 12.1 Å². The van der Waals surface area contributed by atoms with Crippen LogP contribution in [0.25, 0.3) is 0 Å². The number of anilines is 2. The Morgan fingerprint density at radius 1 is 1.17 bits per heavy atom. The average Bonchev–Trinajstić information content (AvgIpc) is 3.12. The zero-order chi connectivity index (χ0) is 16.9. The molecule has 5 heteroatoms. The molecule has 4 nitrogen and oxygen atoms in total. The normalized spacial score (nSPS) is 13.8. The van der Waals surface area contributed by atoms with Crippen LogP contribution in [0.4, 0.5) is 15.8 Å². The summed E-state index contributed by atoms with van der Waals surface area (Å²) in [7, 11) is 1.60. The molecular weight excluding hydrogens is 307 g/mol. The van der Waals surface area contributed by atoms with E-state index in [-0.39, 0.29) is 18.0 Å². The van der Waals surface area contributed by atoms with E-state index in [0.717, 1.165) is 42.9 Å². The minimum atomic E-state index is -0.416. The molecule has 0 aromatic heterocycles. The fourth-order valence-corrected chi connectivity index (χ4v) is 2.90. The second-order valence-corrected chi connectivity index (χ2v) is 5.93. The maximum Gasteiger partial charge on any atom is 0.228 e. The van der Waals surface area contributed by atoms with Gasteiger partial charge in [0.05, 0.1) is 19.2 Å². The summed E-state index contributed by atoms with van der Waals surface area (Å²) in [5.74, 6) is 0.0854. The second kappa shape index (κ2) is 7.34. The minimum Gasteiger partial charge on any atom is -0.497 e. The number of carbonyl (C=O) groups is 1. The van der Waals surface area contributed by atoms with E-state index >= 15 is 0 Å². The van der Waals surface area contributed by atoms with E-state index in [4.69, 9.17) is 4.74 Å². The highest BCUT2D eigenvalue weighted by Gasteiger charge is 2.15. The quantitative estimate of drug-likeness (QED) is 0.911. The number of hydrogen-bond donors (Lipinski definition) is 1. The Balaban J connectivity index is 1.67. The first-order chi connectivity index (χ1) is 11.7. The molecule has 1 fully saturated rings. The van der Waals surface area contributed by atoms with Gasteiger partial charge in [0.25, 0.3) is 0 Å². The van der Waals surface area contributed by atoms with Gasteiger partial charge in [-0.25, -0.2) is 4.39 Å². The molecule has 3 rings (SSSR count). The first-order valence-corrected chi connectivity index (χ1v) is 8.13. The lowest BCUT2D eigenvalue weighted by Gasteiger charge is -2.19. The maximum atomic E-state index is 14.0. The molecule has 2 aromatic rings. The fraction of sp³-hybridized carbons (Fsp3) is 0.316. The van der Waals surface area contributed by atoms with E-state index in [1.807, 2.05) is 12.1 Å². The molecule has 0 atom stereocenters. The molecule has 0 spiro atoms. The van der Waals surface area contributed by atoms with Crippen molar-refractivity contribution in [1.29, 1.82) is 0 Å². The van der Waals surface area contributed by atoms with Crippen molar-refractivity contribution < 1.29 is 13.9 Å². The molecule has 1 aliphatic rings. The molecule has 0 saturated carbocycles. The highest BCUT2D eigenvalue weighted by molar-refractivity contribution is 5.92. The van der Waals surface area contributed by atoms with Gasteiger partial charge >= 0.3 is 0 Å². The molecule has 1 aliphatic heterocycles. The Morgan fingerprint density at radius 2 is 1.88 bits per heavy atom. The van der Waals surface area contributed by atoms with Crippen molar-refractivity contribution in [2.45, 2.75) is 19.3 Å². The molecule has 1 N–H and O–H groups in total. The molecule has 0 bridgehead atoms. The number of rotatable bonds is 5. The number of benzene rings is 2. The molecule has 1 heterocycles. The third-order valence-corrected chi connectivity index (χ3v) is 4.22. The summed E-state index contributed by atoms with van der Waals surface area (Å²) in [6.45, 7) is 1.95. The van der Waals surface area contributed by atoms with Crippen molar-refractivity contribution >= 4 is 17.3 Å². The van der Waals surface area contributed by atoms with E-state index in [1.54, 1.807) is 31.4 Å². The SMILES string of the molecule is COc1ccc(CC(=O)Nc2cc(N3CCCC3)ccc2F)cc1. The molecule has 1 amide bonds. The van der Waals surface area contributed by atoms with Crippen LogP contribution in [0.3, 0.4) is 0 Å². The maximum absolute atomic E-state index is 14.0. The number of nitrogens with one attached hydrogen (secondary N) is 1. The number of hydrogen-bond acceptors (Lipinski definition) is 3. The number of carbonyl (C=O) groups excluding carboxylic acids is 1. The zero-order valence-electron chi connectivity index (χ0n) is 13.7. The Hall–Kier alpha value is -2.56. The molecule has 0 unspecified atom stereocenters. The largest absolute Gasteiger partial charge is 0.497 e. The number of ether oxygens (including phenoxy) is 1. The third-order valence-electron chi connectivity index (χ3n) is 4.22. The van der Waals surface area contributed by atoms with E-state index < -0.39 is 5.82 Å². The Morgan fingerprint density at radius 3 is 2.54 bits per heavy atom. The van der Waals surface area contributed by atoms with Crippen LogP contribution in [0.5, 0.6) is 5.75 Å². The number of nitrogens with zero attached hydrogens (tertiary/aromatic N) is 1. The van der Waals surface area contributed by atoms with Gasteiger partial charge in [-0.05, 0) is 48.7 Å². The van der Waals surface area contributed by atoms with Gasteiger partial charge in [0.2, 0.25) is 5.91 Å². The predicted molar refractivity (Wildman–Crippen MR) is 93.2 cm³/mol. The topological polar surface area (TPSA) is 41.6 Å². The Bertz CT molecular complexity index is 710. The van der Waals surface area contributed by atoms with Gasteiger partial charge in [0, 0.05) is 18.8 Å². The van der Waals surface area contributed by atoms with Crippen LogP contribution in [0.1, 0.15) is 18.4 Å². The van der Waals surface area contributed by atoms with Crippen LogP contribution >= 0.6 is 0 Å². The lowest BCUT2D eigenvalue weighted by molar-refractivity contribution is -0.115. The fourth-order valence-electron chi connectivity index (χ4n) is 2.90. The van der Waals surface area contributed by atoms with E-state index in [2.05, 4.69) is 10.2 Å². The predicted octanol–water partition coefficient (Wildman–Crippen LogP) is 3.62. The first-order valence-electron chi connectivity index (χ1n) is 8.13. The van der Waals surface area contributed by atoms with Crippen LogP contribution in [-0.2, 0) is 11.2 Å². The number of amides is 1. The first kappa shape index (κ1) is 16.3. The summed E-state index contributed by atoms with van der Waals surface area (Å²) in [6.07, 6.45) is 2.49. The van der Waals surface area contributed by atoms with Crippen molar-refractivity contribution in [3.63, 3.8) is 0 Å². The van der Waals surface area contributed by atoms with Crippen molar-refractivity contribution in [3.8, 4) is 5.75 Å². The van der Waals surface area contributed by atoms with Gasteiger partial charge < -0.3 is 15.0 Å².